The number of aryl methyl sites for hydroxylation is 1. The number of methoxy groups -OCH3 is 1. The molecule has 1 aliphatic heterocycles. The highest BCUT2D eigenvalue weighted by molar-refractivity contribution is 7.89. The van der Waals surface area contributed by atoms with Gasteiger partial charge in [-0.3, -0.25) is 9.59 Å². The van der Waals surface area contributed by atoms with E-state index in [-0.39, 0.29) is 22.8 Å². The zero-order valence-corrected chi connectivity index (χ0v) is 19.1. The molecule has 9 nitrogen and oxygen atoms in total. The van der Waals surface area contributed by atoms with E-state index in [9.17, 15) is 18.0 Å². The van der Waals surface area contributed by atoms with E-state index >= 15 is 0 Å². The average Bonchev–Trinajstić information content (AvgIpc) is 3.17. The summed E-state index contributed by atoms with van der Waals surface area (Å²) in [7, 11) is -2.36. The second-order valence-electron chi connectivity index (χ2n) is 7.07. The van der Waals surface area contributed by atoms with Gasteiger partial charge in [0.05, 0.1) is 24.2 Å². The number of carbonyl (C=O) groups is 2. The summed E-state index contributed by atoms with van der Waals surface area (Å²) < 4.78 is 37.8. The van der Waals surface area contributed by atoms with Crippen molar-refractivity contribution in [2.45, 2.75) is 37.5 Å². The number of carbonyl (C=O) groups excluding carboxylic acids is 2. The SMILES string of the molecule is COc1ccc(NC(=O)COC(=O)Cc2csc(C)n2)cc1S(=O)(=O)N1CCCCC1. The van der Waals surface area contributed by atoms with E-state index in [0.29, 0.717) is 18.8 Å². The maximum atomic E-state index is 13.1. The standard InChI is InChI=1S/C20H25N3O6S2/c1-14-21-16(13-30-14)11-20(25)29-12-19(24)22-15-6-7-17(28-2)18(10-15)31(26,27)23-8-4-3-5-9-23/h6-7,10,13H,3-5,8-9,11-12H2,1-2H3,(H,22,24). The molecule has 1 aromatic heterocycles. The Hall–Kier alpha value is -2.50. The van der Waals surface area contributed by atoms with Gasteiger partial charge in [-0.25, -0.2) is 13.4 Å². The van der Waals surface area contributed by atoms with Crippen LogP contribution in [0.3, 0.4) is 0 Å². The normalized spacial score (nSPS) is 14.8. The highest BCUT2D eigenvalue weighted by Crippen LogP contribution is 2.31. The summed E-state index contributed by atoms with van der Waals surface area (Å²) in [5, 5.41) is 5.17. The van der Waals surface area contributed by atoms with Gasteiger partial charge in [0.2, 0.25) is 10.0 Å². The molecule has 2 heterocycles. The highest BCUT2D eigenvalue weighted by Gasteiger charge is 2.29. The van der Waals surface area contributed by atoms with E-state index in [0.717, 1.165) is 24.3 Å². The summed E-state index contributed by atoms with van der Waals surface area (Å²) in [6.45, 7) is 2.26. The van der Waals surface area contributed by atoms with Gasteiger partial charge in [-0.1, -0.05) is 6.42 Å². The molecule has 0 atom stereocenters. The molecular weight excluding hydrogens is 442 g/mol. The number of hydrogen-bond acceptors (Lipinski definition) is 8. The predicted molar refractivity (Wildman–Crippen MR) is 116 cm³/mol. The minimum atomic E-state index is -3.76. The third-order valence-electron chi connectivity index (χ3n) is 4.74. The van der Waals surface area contributed by atoms with Crippen LogP contribution in [0, 0.1) is 6.92 Å². The smallest absolute Gasteiger partial charge is 0.312 e. The van der Waals surface area contributed by atoms with Gasteiger partial charge in [0.25, 0.3) is 5.91 Å². The minimum absolute atomic E-state index is 0.00871. The summed E-state index contributed by atoms with van der Waals surface area (Å²) in [6, 6.07) is 4.38. The lowest BCUT2D eigenvalue weighted by Gasteiger charge is -2.26. The number of nitrogens with one attached hydrogen (secondary N) is 1. The molecule has 31 heavy (non-hydrogen) atoms. The molecule has 0 bridgehead atoms. The molecule has 1 aromatic carbocycles. The highest BCUT2D eigenvalue weighted by atomic mass is 32.2. The number of thiazole rings is 1. The van der Waals surface area contributed by atoms with Crippen molar-refractivity contribution in [3.8, 4) is 5.75 Å². The fourth-order valence-corrected chi connectivity index (χ4v) is 5.54. The average molecular weight is 468 g/mol. The summed E-state index contributed by atoms with van der Waals surface area (Å²) in [5.41, 5.74) is 0.864. The van der Waals surface area contributed by atoms with Crippen molar-refractivity contribution in [1.82, 2.24) is 9.29 Å². The molecule has 0 unspecified atom stereocenters. The Kier molecular flexibility index (Phi) is 7.63. The number of esters is 1. The Labute approximate surface area is 185 Å². The number of ether oxygens (including phenoxy) is 2. The monoisotopic (exact) mass is 467 g/mol. The number of benzene rings is 1. The number of amides is 1. The van der Waals surface area contributed by atoms with Crippen LogP contribution < -0.4 is 10.1 Å². The zero-order valence-electron chi connectivity index (χ0n) is 17.4. The molecule has 1 aliphatic rings. The molecule has 11 heteroatoms. The third kappa shape index (κ3) is 6.02. The molecule has 0 spiro atoms. The largest absolute Gasteiger partial charge is 0.495 e. The van der Waals surface area contributed by atoms with Crippen molar-refractivity contribution in [3.05, 3.63) is 34.3 Å². The van der Waals surface area contributed by atoms with Crippen molar-refractivity contribution in [2.75, 3.05) is 32.1 Å². The van der Waals surface area contributed by atoms with Crippen molar-refractivity contribution in [1.29, 1.82) is 0 Å². The lowest BCUT2D eigenvalue weighted by atomic mass is 10.2. The van der Waals surface area contributed by atoms with Crippen LogP contribution >= 0.6 is 11.3 Å². The summed E-state index contributed by atoms with van der Waals surface area (Å²) in [6.07, 6.45) is 2.60. The Morgan fingerprint density at radius 3 is 2.61 bits per heavy atom. The first-order valence-corrected chi connectivity index (χ1v) is 12.2. The topological polar surface area (TPSA) is 115 Å². The number of nitrogens with zero attached hydrogens (tertiary/aromatic N) is 2. The Bertz CT molecular complexity index is 1040. The van der Waals surface area contributed by atoms with Gasteiger partial charge in [0.1, 0.15) is 10.6 Å². The van der Waals surface area contributed by atoms with Gasteiger partial charge in [0.15, 0.2) is 6.61 Å². The quantitative estimate of drug-likeness (QED) is 0.593. The second kappa shape index (κ2) is 10.2. The Balaban J connectivity index is 1.64. The number of piperidine rings is 1. The second-order valence-corrected chi connectivity index (χ2v) is 10.0. The number of sulfonamides is 1. The lowest BCUT2D eigenvalue weighted by Crippen LogP contribution is -2.35. The van der Waals surface area contributed by atoms with E-state index < -0.39 is 28.5 Å². The molecule has 0 radical (unpaired) electrons. The van der Waals surface area contributed by atoms with Crippen LogP contribution in [0.25, 0.3) is 0 Å². The molecule has 1 amide bonds. The van der Waals surface area contributed by atoms with Crippen LogP contribution in [0.15, 0.2) is 28.5 Å². The van der Waals surface area contributed by atoms with Crippen LogP contribution in [-0.2, 0) is 30.8 Å². The predicted octanol–water partition coefficient (Wildman–Crippen LogP) is 2.36. The third-order valence-corrected chi connectivity index (χ3v) is 7.48. The molecule has 0 saturated carbocycles. The molecule has 168 valence electrons. The summed E-state index contributed by atoms with van der Waals surface area (Å²) in [4.78, 5) is 28.3. The van der Waals surface area contributed by atoms with Crippen molar-refractivity contribution < 1.29 is 27.5 Å². The van der Waals surface area contributed by atoms with E-state index in [1.165, 1.54) is 41.0 Å². The van der Waals surface area contributed by atoms with Crippen LogP contribution in [0.4, 0.5) is 5.69 Å². The molecule has 3 rings (SSSR count). The van der Waals surface area contributed by atoms with Crippen molar-refractivity contribution in [3.63, 3.8) is 0 Å². The Morgan fingerprint density at radius 1 is 1.23 bits per heavy atom. The molecule has 1 fully saturated rings. The van der Waals surface area contributed by atoms with Gasteiger partial charge >= 0.3 is 5.97 Å². The molecule has 2 aromatic rings. The van der Waals surface area contributed by atoms with Crippen molar-refractivity contribution in [2.24, 2.45) is 0 Å². The number of aromatic nitrogens is 1. The molecule has 1 saturated heterocycles. The van der Waals surface area contributed by atoms with Gasteiger partial charge in [0, 0.05) is 24.2 Å². The van der Waals surface area contributed by atoms with Crippen LogP contribution in [0.2, 0.25) is 0 Å². The Morgan fingerprint density at radius 2 is 1.97 bits per heavy atom. The first-order chi connectivity index (χ1) is 14.8. The molecule has 0 aliphatic carbocycles. The maximum Gasteiger partial charge on any atom is 0.312 e. The minimum Gasteiger partial charge on any atom is -0.495 e. The zero-order chi connectivity index (χ0) is 22.4. The number of hydrogen-bond donors (Lipinski definition) is 1. The van der Waals surface area contributed by atoms with E-state index in [2.05, 4.69) is 10.3 Å². The fraction of sp³-hybridized carbons (Fsp3) is 0.450. The molecular formula is C20H25N3O6S2. The molecule has 1 N–H and O–H groups in total. The maximum absolute atomic E-state index is 13.1. The van der Waals surface area contributed by atoms with Gasteiger partial charge < -0.3 is 14.8 Å². The van der Waals surface area contributed by atoms with Gasteiger partial charge in [-0.2, -0.15) is 4.31 Å². The van der Waals surface area contributed by atoms with Crippen LogP contribution in [0.5, 0.6) is 5.75 Å². The van der Waals surface area contributed by atoms with Crippen LogP contribution in [-0.4, -0.2) is 56.4 Å². The first kappa shape index (κ1) is 23.2. The van der Waals surface area contributed by atoms with Crippen molar-refractivity contribution >= 4 is 38.9 Å². The lowest BCUT2D eigenvalue weighted by molar-refractivity contribution is -0.146. The van der Waals surface area contributed by atoms with Gasteiger partial charge in [-0.15, -0.1) is 11.3 Å². The van der Waals surface area contributed by atoms with Gasteiger partial charge in [-0.05, 0) is 38.0 Å². The van der Waals surface area contributed by atoms with E-state index in [1.54, 1.807) is 5.38 Å². The van der Waals surface area contributed by atoms with E-state index in [4.69, 9.17) is 9.47 Å². The number of anilines is 1. The van der Waals surface area contributed by atoms with Crippen LogP contribution in [0.1, 0.15) is 30.0 Å². The number of rotatable bonds is 8. The first-order valence-electron chi connectivity index (χ1n) is 9.84. The fourth-order valence-electron chi connectivity index (χ4n) is 3.23. The summed E-state index contributed by atoms with van der Waals surface area (Å²) in [5.74, 6) is -0.939. The summed E-state index contributed by atoms with van der Waals surface area (Å²) >= 11 is 1.43. The van der Waals surface area contributed by atoms with E-state index in [1.807, 2.05) is 6.92 Å².